The molecule has 2 aromatic rings. The van der Waals surface area contributed by atoms with Gasteiger partial charge in [0.05, 0.1) is 0 Å². The van der Waals surface area contributed by atoms with Gasteiger partial charge in [-0.25, -0.2) is 0 Å². The fourth-order valence-electron chi connectivity index (χ4n) is 1.46. The van der Waals surface area contributed by atoms with Gasteiger partial charge in [0, 0.05) is 15.1 Å². The summed E-state index contributed by atoms with van der Waals surface area (Å²) in [5.74, 6) is 0.968. The first-order chi connectivity index (χ1) is 8.25. The van der Waals surface area contributed by atoms with Gasteiger partial charge in [0.15, 0.2) is 0 Å². The highest BCUT2D eigenvalue weighted by atomic mass is 79.9. The van der Waals surface area contributed by atoms with Crippen molar-refractivity contribution in [1.82, 2.24) is 0 Å². The Hall–Kier alpha value is -0.990. The van der Waals surface area contributed by atoms with Crippen LogP contribution in [-0.2, 0) is 5.75 Å². The summed E-state index contributed by atoms with van der Waals surface area (Å²) in [4.78, 5) is 1.11. The maximum absolute atomic E-state index is 4.12. The molecule has 0 atom stereocenters. The summed E-state index contributed by atoms with van der Waals surface area (Å²) in [5, 5.41) is 0. The van der Waals surface area contributed by atoms with Crippen LogP contribution in [0.1, 0.15) is 11.1 Å². The van der Waals surface area contributed by atoms with E-state index >= 15 is 0 Å². The lowest BCUT2D eigenvalue weighted by Crippen LogP contribution is -1.81. The highest BCUT2D eigenvalue weighted by Gasteiger charge is 2.00. The Morgan fingerprint density at radius 2 is 1.65 bits per heavy atom. The van der Waals surface area contributed by atoms with E-state index in [0.29, 0.717) is 0 Å². The molecule has 2 rings (SSSR count). The Bertz CT molecular complexity index is 488. The Morgan fingerprint density at radius 1 is 1.00 bits per heavy atom. The van der Waals surface area contributed by atoms with E-state index in [1.807, 2.05) is 18.2 Å². The lowest BCUT2D eigenvalue weighted by molar-refractivity contribution is 1.42. The molecular formula is C15H13BrS. The molecule has 0 aliphatic heterocycles. The van der Waals surface area contributed by atoms with Gasteiger partial charge < -0.3 is 0 Å². The third-order valence-electron chi connectivity index (χ3n) is 2.42. The molecule has 0 radical (unpaired) electrons. The van der Waals surface area contributed by atoms with Crippen molar-refractivity contribution in [1.29, 1.82) is 0 Å². The van der Waals surface area contributed by atoms with Gasteiger partial charge in [0.1, 0.15) is 0 Å². The normalized spacial score (nSPS) is 10.2. The van der Waals surface area contributed by atoms with Crippen molar-refractivity contribution in [2.75, 3.05) is 0 Å². The van der Waals surface area contributed by atoms with Crippen molar-refractivity contribution in [3.05, 3.63) is 76.8 Å². The molecule has 2 heteroatoms. The summed E-state index contributed by atoms with van der Waals surface area (Å²) in [6, 6.07) is 18.7. The van der Waals surface area contributed by atoms with Crippen LogP contribution in [0.4, 0.5) is 0 Å². The number of hydrogen-bond acceptors (Lipinski definition) is 1. The number of hydrogen-bond donors (Lipinski definition) is 0. The molecule has 0 amide bonds. The molecule has 0 aliphatic carbocycles. The van der Waals surface area contributed by atoms with E-state index in [2.05, 4.69) is 58.9 Å². The molecule has 17 heavy (non-hydrogen) atoms. The number of rotatable bonds is 4. The molecule has 0 aromatic heterocycles. The predicted molar refractivity (Wildman–Crippen MR) is 80.9 cm³/mol. The van der Waals surface area contributed by atoms with E-state index in [0.717, 1.165) is 15.1 Å². The lowest BCUT2D eigenvalue weighted by Gasteiger charge is -2.06. The van der Waals surface area contributed by atoms with Crippen LogP contribution >= 0.6 is 27.7 Å². The Balaban J connectivity index is 1.96. The van der Waals surface area contributed by atoms with Gasteiger partial charge in [-0.3, -0.25) is 0 Å². The Kier molecular flexibility index (Phi) is 4.46. The Labute approximate surface area is 115 Å². The summed E-state index contributed by atoms with van der Waals surface area (Å²) in [7, 11) is 0. The first-order valence-electron chi connectivity index (χ1n) is 5.37. The van der Waals surface area contributed by atoms with E-state index in [-0.39, 0.29) is 0 Å². The highest BCUT2D eigenvalue weighted by molar-refractivity contribution is 9.10. The molecule has 0 spiro atoms. The van der Waals surface area contributed by atoms with Gasteiger partial charge in [-0.1, -0.05) is 65.0 Å². The molecule has 0 heterocycles. The third kappa shape index (κ3) is 3.76. The largest absolute Gasteiger partial charge is 0.121 e. The molecule has 0 nitrogen and oxygen atoms in total. The Morgan fingerprint density at radius 3 is 2.29 bits per heavy atom. The molecule has 86 valence electrons. The zero-order valence-corrected chi connectivity index (χ0v) is 11.8. The van der Waals surface area contributed by atoms with Crippen LogP contribution in [0, 0.1) is 0 Å². The number of thioether (sulfide) groups is 1. The molecule has 0 aliphatic rings. The van der Waals surface area contributed by atoms with Crippen molar-refractivity contribution < 1.29 is 0 Å². The van der Waals surface area contributed by atoms with Crippen LogP contribution < -0.4 is 0 Å². The van der Waals surface area contributed by atoms with Gasteiger partial charge in [0.2, 0.25) is 0 Å². The summed E-state index contributed by atoms with van der Waals surface area (Å²) in [6.07, 6.45) is 0. The molecule has 0 bridgehead atoms. The molecule has 0 saturated carbocycles. The van der Waals surface area contributed by atoms with E-state index in [9.17, 15) is 0 Å². The molecule has 0 unspecified atom stereocenters. The second-order valence-corrected chi connectivity index (χ2v) is 5.69. The first-order valence-corrected chi connectivity index (χ1v) is 7.15. The molecule has 0 N–H and O–H groups in total. The van der Waals surface area contributed by atoms with Gasteiger partial charge in [-0.2, -0.15) is 0 Å². The molecule has 0 saturated heterocycles. The van der Waals surface area contributed by atoms with Crippen molar-refractivity contribution in [2.24, 2.45) is 0 Å². The van der Waals surface area contributed by atoms with E-state index < -0.39 is 0 Å². The van der Waals surface area contributed by atoms with Crippen molar-refractivity contribution in [2.45, 2.75) is 5.75 Å². The molecule has 0 fully saturated rings. The van der Waals surface area contributed by atoms with Crippen molar-refractivity contribution in [3.8, 4) is 0 Å². The van der Waals surface area contributed by atoms with Gasteiger partial charge in [0.25, 0.3) is 0 Å². The van der Waals surface area contributed by atoms with Crippen LogP contribution in [0.25, 0.3) is 4.91 Å². The van der Waals surface area contributed by atoms with E-state index in [4.69, 9.17) is 0 Å². The smallest absolute Gasteiger partial charge is 0.0231 e. The molecular weight excluding hydrogens is 292 g/mol. The van der Waals surface area contributed by atoms with Crippen LogP contribution in [0.3, 0.4) is 0 Å². The summed E-state index contributed by atoms with van der Waals surface area (Å²) in [5.41, 5.74) is 2.52. The van der Waals surface area contributed by atoms with Crippen LogP contribution in [0.5, 0.6) is 0 Å². The van der Waals surface area contributed by atoms with E-state index in [1.165, 1.54) is 11.1 Å². The summed E-state index contributed by atoms with van der Waals surface area (Å²) in [6.45, 7) is 4.12. The second kappa shape index (κ2) is 6.08. The maximum Gasteiger partial charge on any atom is 0.0231 e. The van der Waals surface area contributed by atoms with Crippen molar-refractivity contribution in [3.63, 3.8) is 0 Å². The zero-order chi connectivity index (χ0) is 12.1. The minimum absolute atomic E-state index is 0.968. The summed E-state index contributed by atoms with van der Waals surface area (Å²) >= 11 is 5.21. The SMILES string of the molecule is C=C(SCc1ccccc1)c1ccc(Br)cc1. The zero-order valence-electron chi connectivity index (χ0n) is 9.40. The standard InChI is InChI=1S/C15H13BrS/c1-12(14-7-9-15(16)10-8-14)17-11-13-5-3-2-4-6-13/h2-10H,1,11H2. The van der Waals surface area contributed by atoms with E-state index in [1.54, 1.807) is 11.8 Å². The highest BCUT2D eigenvalue weighted by Crippen LogP contribution is 2.29. The fourth-order valence-corrected chi connectivity index (χ4v) is 2.56. The summed E-state index contributed by atoms with van der Waals surface area (Å²) < 4.78 is 1.10. The molecule has 2 aromatic carbocycles. The van der Waals surface area contributed by atoms with Gasteiger partial charge in [-0.05, 0) is 23.3 Å². The average Bonchev–Trinajstić information content (AvgIpc) is 2.38. The predicted octanol–water partition coefficient (Wildman–Crippen LogP) is 5.35. The maximum atomic E-state index is 4.12. The quantitative estimate of drug-likeness (QED) is 0.733. The lowest BCUT2D eigenvalue weighted by atomic mass is 10.2. The topological polar surface area (TPSA) is 0 Å². The fraction of sp³-hybridized carbons (Fsp3) is 0.0667. The second-order valence-electron chi connectivity index (χ2n) is 3.70. The van der Waals surface area contributed by atoms with Gasteiger partial charge in [-0.15, -0.1) is 11.8 Å². The van der Waals surface area contributed by atoms with Crippen LogP contribution in [0.2, 0.25) is 0 Å². The van der Waals surface area contributed by atoms with Gasteiger partial charge >= 0.3 is 0 Å². The number of halogens is 1. The first kappa shape index (κ1) is 12.5. The monoisotopic (exact) mass is 304 g/mol. The third-order valence-corrected chi connectivity index (χ3v) is 4.01. The van der Waals surface area contributed by atoms with Crippen LogP contribution in [-0.4, -0.2) is 0 Å². The minimum atomic E-state index is 0.968. The minimum Gasteiger partial charge on any atom is -0.121 e. The van der Waals surface area contributed by atoms with Crippen LogP contribution in [0.15, 0.2) is 65.6 Å². The van der Waals surface area contributed by atoms with Crippen molar-refractivity contribution >= 4 is 32.6 Å². The average molecular weight is 305 g/mol. The number of benzene rings is 2.